The Labute approximate surface area is 167 Å². The molecule has 1 heterocycles. The van der Waals surface area contributed by atoms with Gasteiger partial charge in [0, 0.05) is 37.9 Å². The van der Waals surface area contributed by atoms with E-state index in [-0.39, 0.29) is 10.9 Å². The van der Waals surface area contributed by atoms with Gasteiger partial charge in [0.25, 0.3) is 0 Å². The first-order chi connectivity index (χ1) is 13.3. The molecule has 2 aromatic rings. The number of anilines is 1. The zero-order valence-corrected chi connectivity index (χ0v) is 17.3. The Morgan fingerprint density at radius 3 is 2.46 bits per heavy atom. The molecular formula is C21H28FN3O2S. The lowest BCUT2D eigenvalue weighted by Crippen LogP contribution is -2.47. The van der Waals surface area contributed by atoms with Crippen LogP contribution in [0, 0.1) is 12.7 Å². The molecule has 0 saturated carbocycles. The second-order valence-electron chi connectivity index (χ2n) is 7.41. The van der Waals surface area contributed by atoms with Crippen molar-refractivity contribution < 1.29 is 12.8 Å². The molecule has 5 nitrogen and oxygen atoms in total. The first-order valence-corrected chi connectivity index (χ1v) is 11.1. The molecular weight excluding hydrogens is 377 g/mol. The fraction of sp³-hybridized carbons (Fsp3) is 0.429. The van der Waals surface area contributed by atoms with E-state index in [0.717, 1.165) is 38.8 Å². The van der Waals surface area contributed by atoms with E-state index in [0.29, 0.717) is 6.42 Å². The molecule has 0 aliphatic carbocycles. The average Bonchev–Trinajstić information content (AvgIpc) is 2.66. The summed E-state index contributed by atoms with van der Waals surface area (Å²) in [7, 11) is -3.84. The molecule has 0 amide bonds. The van der Waals surface area contributed by atoms with Crippen LogP contribution in [0.4, 0.5) is 10.1 Å². The van der Waals surface area contributed by atoms with E-state index in [4.69, 9.17) is 0 Å². The summed E-state index contributed by atoms with van der Waals surface area (Å²) in [4.78, 5) is 4.43. The van der Waals surface area contributed by atoms with Gasteiger partial charge in [-0.05, 0) is 56.6 Å². The third-order valence-electron chi connectivity index (χ3n) is 5.10. The summed E-state index contributed by atoms with van der Waals surface area (Å²) in [5, 5.41) is 0. The lowest BCUT2D eigenvalue weighted by molar-refractivity contribution is 0.248. The highest BCUT2D eigenvalue weighted by molar-refractivity contribution is 7.89. The first kappa shape index (κ1) is 20.8. The Balaban J connectivity index is 1.47. The van der Waals surface area contributed by atoms with Gasteiger partial charge in [0.05, 0.1) is 0 Å². The minimum Gasteiger partial charge on any atom is -0.369 e. The summed E-state index contributed by atoms with van der Waals surface area (Å²) in [5.74, 6) is -0.727. The number of halogens is 1. The fourth-order valence-corrected chi connectivity index (χ4v) is 4.84. The Morgan fingerprint density at radius 2 is 1.79 bits per heavy atom. The molecule has 3 rings (SSSR count). The largest absolute Gasteiger partial charge is 0.369 e. The summed E-state index contributed by atoms with van der Waals surface area (Å²) in [5.41, 5.74) is 2.52. The van der Waals surface area contributed by atoms with E-state index in [2.05, 4.69) is 45.7 Å². The predicted octanol–water partition coefficient (Wildman–Crippen LogP) is 3.01. The van der Waals surface area contributed by atoms with Crippen molar-refractivity contribution in [3.8, 4) is 0 Å². The first-order valence-electron chi connectivity index (χ1n) is 9.66. The van der Waals surface area contributed by atoms with E-state index in [9.17, 15) is 12.8 Å². The number of piperazine rings is 1. The van der Waals surface area contributed by atoms with Gasteiger partial charge in [-0.2, -0.15) is 0 Å². The van der Waals surface area contributed by atoms with Gasteiger partial charge in [-0.25, -0.2) is 17.5 Å². The van der Waals surface area contributed by atoms with Gasteiger partial charge in [0.1, 0.15) is 10.7 Å². The topological polar surface area (TPSA) is 52.6 Å². The quantitative estimate of drug-likeness (QED) is 0.769. The van der Waals surface area contributed by atoms with Gasteiger partial charge in [0.2, 0.25) is 10.0 Å². The number of hydrogen-bond donors (Lipinski definition) is 1. The highest BCUT2D eigenvalue weighted by atomic mass is 32.2. The zero-order valence-electron chi connectivity index (χ0n) is 16.4. The van der Waals surface area contributed by atoms with Crippen LogP contribution < -0.4 is 9.62 Å². The molecule has 0 radical (unpaired) electrons. The van der Waals surface area contributed by atoms with Crippen molar-refractivity contribution >= 4 is 15.7 Å². The molecule has 1 saturated heterocycles. The number of aryl methyl sites for hydroxylation is 1. The third kappa shape index (κ3) is 5.31. The van der Waals surface area contributed by atoms with Crippen LogP contribution in [-0.4, -0.2) is 52.1 Å². The van der Waals surface area contributed by atoms with E-state index in [1.54, 1.807) is 0 Å². The molecule has 152 valence electrons. The summed E-state index contributed by atoms with van der Waals surface area (Å²) >= 11 is 0. The van der Waals surface area contributed by atoms with Crippen molar-refractivity contribution in [2.45, 2.75) is 31.2 Å². The van der Waals surface area contributed by atoms with Crippen molar-refractivity contribution in [1.29, 1.82) is 0 Å². The van der Waals surface area contributed by atoms with Crippen LogP contribution in [0.1, 0.15) is 18.9 Å². The van der Waals surface area contributed by atoms with Gasteiger partial charge in [-0.3, -0.25) is 4.90 Å². The SMILES string of the molecule is Cc1cccc(N2CCN(CCC(C)NS(=O)(=O)c3ccccc3F)CC2)c1. The Morgan fingerprint density at radius 1 is 1.07 bits per heavy atom. The number of nitrogens with one attached hydrogen (secondary N) is 1. The predicted molar refractivity (Wildman–Crippen MR) is 111 cm³/mol. The second kappa shape index (κ2) is 9.03. The number of hydrogen-bond acceptors (Lipinski definition) is 4. The second-order valence-corrected chi connectivity index (χ2v) is 9.09. The molecule has 0 bridgehead atoms. The summed E-state index contributed by atoms with van der Waals surface area (Å²) in [6.07, 6.45) is 0.679. The molecule has 0 spiro atoms. The highest BCUT2D eigenvalue weighted by Crippen LogP contribution is 2.18. The maximum atomic E-state index is 13.8. The Kier molecular flexibility index (Phi) is 6.69. The smallest absolute Gasteiger partial charge is 0.243 e. The van der Waals surface area contributed by atoms with Gasteiger partial charge in [-0.15, -0.1) is 0 Å². The molecule has 1 aliphatic rings. The van der Waals surface area contributed by atoms with E-state index >= 15 is 0 Å². The average molecular weight is 406 g/mol. The van der Waals surface area contributed by atoms with Crippen LogP contribution in [0.25, 0.3) is 0 Å². The van der Waals surface area contributed by atoms with Crippen molar-refractivity contribution in [2.24, 2.45) is 0 Å². The van der Waals surface area contributed by atoms with Crippen LogP contribution in [0.2, 0.25) is 0 Å². The van der Waals surface area contributed by atoms with E-state index in [1.165, 1.54) is 29.4 Å². The molecule has 1 aliphatic heterocycles. The van der Waals surface area contributed by atoms with Gasteiger partial charge >= 0.3 is 0 Å². The van der Waals surface area contributed by atoms with Gasteiger partial charge < -0.3 is 4.90 Å². The Hall–Kier alpha value is -1.96. The molecule has 1 unspecified atom stereocenters. The van der Waals surface area contributed by atoms with Crippen molar-refractivity contribution in [3.05, 3.63) is 59.9 Å². The monoisotopic (exact) mass is 405 g/mol. The molecule has 0 aromatic heterocycles. The fourth-order valence-electron chi connectivity index (χ4n) is 3.48. The molecule has 1 N–H and O–H groups in total. The lowest BCUT2D eigenvalue weighted by Gasteiger charge is -2.36. The zero-order chi connectivity index (χ0) is 20.1. The maximum Gasteiger partial charge on any atom is 0.243 e. The van der Waals surface area contributed by atoms with E-state index in [1.807, 2.05) is 6.92 Å². The standard InChI is InChI=1S/C21H28FN3O2S/c1-17-6-5-7-19(16-17)25-14-12-24(13-15-25)11-10-18(2)23-28(26,27)21-9-4-3-8-20(21)22/h3-9,16,18,23H,10-15H2,1-2H3. The summed E-state index contributed by atoms with van der Waals surface area (Å²) in [6, 6.07) is 13.7. The molecule has 2 aromatic carbocycles. The Bertz CT molecular complexity index is 896. The summed E-state index contributed by atoms with van der Waals surface area (Å²) in [6.45, 7) is 8.53. The van der Waals surface area contributed by atoms with Crippen LogP contribution in [0.3, 0.4) is 0 Å². The number of sulfonamides is 1. The van der Waals surface area contributed by atoms with Crippen LogP contribution in [0.15, 0.2) is 53.4 Å². The highest BCUT2D eigenvalue weighted by Gasteiger charge is 2.22. The normalized spacial score (nSPS) is 16.9. The summed E-state index contributed by atoms with van der Waals surface area (Å²) < 4.78 is 41.1. The van der Waals surface area contributed by atoms with Crippen LogP contribution in [-0.2, 0) is 10.0 Å². The molecule has 28 heavy (non-hydrogen) atoms. The lowest BCUT2D eigenvalue weighted by atomic mass is 10.2. The van der Waals surface area contributed by atoms with Crippen molar-refractivity contribution in [3.63, 3.8) is 0 Å². The van der Waals surface area contributed by atoms with Crippen molar-refractivity contribution in [1.82, 2.24) is 9.62 Å². The number of benzene rings is 2. The van der Waals surface area contributed by atoms with Gasteiger partial charge in [0.15, 0.2) is 0 Å². The molecule has 7 heteroatoms. The minimum absolute atomic E-state index is 0.264. The third-order valence-corrected chi connectivity index (χ3v) is 6.72. The number of nitrogens with zero attached hydrogens (tertiary/aromatic N) is 2. The van der Waals surface area contributed by atoms with E-state index < -0.39 is 15.8 Å². The maximum absolute atomic E-state index is 13.8. The van der Waals surface area contributed by atoms with Gasteiger partial charge in [-0.1, -0.05) is 24.3 Å². The molecule has 1 atom stereocenters. The number of rotatable bonds is 7. The van der Waals surface area contributed by atoms with Crippen molar-refractivity contribution in [2.75, 3.05) is 37.6 Å². The van der Waals surface area contributed by atoms with Crippen LogP contribution in [0.5, 0.6) is 0 Å². The van der Waals surface area contributed by atoms with Crippen LogP contribution >= 0.6 is 0 Å². The molecule has 1 fully saturated rings. The minimum atomic E-state index is -3.84.